The van der Waals surface area contributed by atoms with E-state index >= 15 is 0 Å². The number of benzene rings is 1. The molecule has 0 radical (unpaired) electrons. The van der Waals surface area contributed by atoms with E-state index < -0.39 is 0 Å². The van der Waals surface area contributed by atoms with Crippen LogP contribution in [0, 0.1) is 0 Å². The summed E-state index contributed by atoms with van der Waals surface area (Å²) in [7, 11) is 1.93. The van der Waals surface area contributed by atoms with Crippen molar-refractivity contribution in [2.75, 3.05) is 0 Å². The quantitative estimate of drug-likeness (QED) is 0.780. The minimum Gasteiger partial charge on any atom is -0.373 e. The SMILES string of the molecule is ISC1CC(OCc2ccccc2)C1. The van der Waals surface area contributed by atoms with E-state index in [1.165, 1.54) is 18.4 Å². The number of halogens is 1. The molecule has 0 atom stereocenters. The Morgan fingerprint density at radius 2 is 2.00 bits per heavy atom. The topological polar surface area (TPSA) is 9.23 Å². The minimum atomic E-state index is 0.502. The molecule has 0 heterocycles. The number of hydrogen-bond acceptors (Lipinski definition) is 2. The normalized spacial score (nSPS) is 25.8. The van der Waals surface area contributed by atoms with Crippen molar-refractivity contribution in [1.29, 1.82) is 0 Å². The molecule has 0 aliphatic heterocycles. The Kier molecular flexibility index (Phi) is 4.13. The van der Waals surface area contributed by atoms with Crippen molar-refractivity contribution in [3.05, 3.63) is 35.9 Å². The van der Waals surface area contributed by atoms with Crippen molar-refractivity contribution in [2.45, 2.75) is 30.8 Å². The van der Waals surface area contributed by atoms with Gasteiger partial charge in [-0.1, -0.05) is 39.3 Å². The summed E-state index contributed by atoms with van der Waals surface area (Å²) in [5.74, 6) is 0. The molecule has 1 aliphatic rings. The van der Waals surface area contributed by atoms with Crippen LogP contribution in [0.5, 0.6) is 0 Å². The van der Waals surface area contributed by atoms with Gasteiger partial charge in [-0.25, -0.2) is 0 Å². The van der Waals surface area contributed by atoms with Gasteiger partial charge in [-0.15, -0.1) is 0 Å². The van der Waals surface area contributed by atoms with E-state index in [9.17, 15) is 0 Å². The first-order chi connectivity index (χ1) is 6.88. The van der Waals surface area contributed by atoms with Crippen LogP contribution in [0.15, 0.2) is 30.3 Å². The van der Waals surface area contributed by atoms with Crippen LogP contribution in [0.3, 0.4) is 0 Å². The lowest BCUT2D eigenvalue weighted by Gasteiger charge is -2.33. The van der Waals surface area contributed by atoms with Gasteiger partial charge in [-0.3, -0.25) is 0 Å². The lowest BCUT2D eigenvalue weighted by molar-refractivity contribution is -0.00472. The van der Waals surface area contributed by atoms with Crippen molar-refractivity contribution < 1.29 is 4.74 Å². The van der Waals surface area contributed by atoms with Gasteiger partial charge in [0.15, 0.2) is 0 Å². The number of hydrogen-bond donors (Lipinski definition) is 0. The molecule has 14 heavy (non-hydrogen) atoms. The molecule has 0 bridgehead atoms. The lowest BCUT2D eigenvalue weighted by Crippen LogP contribution is -2.32. The standard InChI is InChI=1S/C11H13IOS/c12-14-11-6-10(7-11)13-8-9-4-2-1-3-5-9/h1-5,10-11H,6-8H2. The summed E-state index contributed by atoms with van der Waals surface area (Å²) in [6, 6.07) is 10.4. The zero-order chi connectivity index (χ0) is 9.80. The molecule has 0 spiro atoms. The third-order valence-electron chi connectivity index (χ3n) is 2.51. The fraction of sp³-hybridized carbons (Fsp3) is 0.455. The second-order valence-electron chi connectivity index (χ2n) is 3.60. The molecule has 1 fully saturated rings. The van der Waals surface area contributed by atoms with Gasteiger partial charge < -0.3 is 4.74 Å². The summed E-state index contributed by atoms with van der Waals surface area (Å²) in [4.78, 5) is 0. The highest BCUT2D eigenvalue weighted by Crippen LogP contribution is 2.37. The molecule has 2 rings (SSSR count). The summed E-state index contributed by atoms with van der Waals surface area (Å²) < 4.78 is 5.78. The second kappa shape index (κ2) is 5.37. The van der Waals surface area contributed by atoms with Gasteiger partial charge in [0.1, 0.15) is 0 Å². The van der Waals surface area contributed by atoms with Crippen LogP contribution in [0.4, 0.5) is 0 Å². The van der Waals surface area contributed by atoms with Crippen molar-refractivity contribution in [3.8, 4) is 0 Å². The predicted molar refractivity (Wildman–Crippen MR) is 69.7 cm³/mol. The first-order valence-corrected chi connectivity index (χ1v) is 8.23. The van der Waals surface area contributed by atoms with Crippen molar-refractivity contribution >= 4 is 30.1 Å². The monoisotopic (exact) mass is 320 g/mol. The maximum absolute atomic E-state index is 5.78. The van der Waals surface area contributed by atoms with E-state index in [-0.39, 0.29) is 0 Å². The van der Waals surface area contributed by atoms with E-state index in [0.29, 0.717) is 6.10 Å². The largest absolute Gasteiger partial charge is 0.373 e. The Morgan fingerprint density at radius 3 is 2.64 bits per heavy atom. The van der Waals surface area contributed by atoms with E-state index in [1.54, 1.807) is 0 Å². The number of rotatable bonds is 4. The van der Waals surface area contributed by atoms with Crippen molar-refractivity contribution in [1.82, 2.24) is 0 Å². The Balaban J connectivity index is 1.69. The second-order valence-corrected chi connectivity index (χ2v) is 5.97. The lowest BCUT2D eigenvalue weighted by atomic mass is 9.95. The molecule has 0 aromatic heterocycles. The van der Waals surface area contributed by atoms with E-state index in [0.717, 1.165) is 11.9 Å². The molecule has 0 saturated heterocycles. The molecule has 76 valence electrons. The average molecular weight is 320 g/mol. The van der Waals surface area contributed by atoms with Gasteiger partial charge in [0.25, 0.3) is 0 Å². The van der Waals surface area contributed by atoms with Gasteiger partial charge in [0, 0.05) is 5.25 Å². The molecular formula is C11H13IOS. The maximum Gasteiger partial charge on any atom is 0.0720 e. The van der Waals surface area contributed by atoms with E-state index in [1.807, 2.05) is 15.0 Å². The smallest absolute Gasteiger partial charge is 0.0720 e. The van der Waals surface area contributed by atoms with Gasteiger partial charge in [-0.05, 0) is 39.6 Å². The summed E-state index contributed by atoms with van der Waals surface area (Å²) in [5, 5.41) is 0.830. The van der Waals surface area contributed by atoms with E-state index in [2.05, 4.69) is 45.5 Å². The molecule has 1 aromatic carbocycles. The van der Waals surface area contributed by atoms with E-state index in [4.69, 9.17) is 4.74 Å². The van der Waals surface area contributed by atoms with Crippen LogP contribution >= 0.6 is 30.1 Å². The molecule has 1 nitrogen and oxygen atoms in total. The molecule has 0 unspecified atom stereocenters. The molecular weight excluding hydrogens is 307 g/mol. The van der Waals surface area contributed by atoms with Crippen LogP contribution in [0.2, 0.25) is 0 Å². The van der Waals surface area contributed by atoms with Gasteiger partial charge in [-0.2, -0.15) is 0 Å². The Hall–Kier alpha value is 0.260. The number of ether oxygens (including phenoxy) is 1. The fourth-order valence-electron chi connectivity index (χ4n) is 1.51. The first kappa shape index (κ1) is 10.8. The zero-order valence-corrected chi connectivity index (χ0v) is 10.8. The van der Waals surface area contributed by atoms with Crippen molar-refractivity contribution in [2.24, 2.45) is 0 Å². The average Bonchev–Trinajstić information content (AvgIpc) is 2.17. The molecule has 0 amide bonds. The molecule has 1 saturated carbocycles. The Morgan fingerprint density at radius 1 is 1.29 bits per heavy atom. The summed E-state index contributed by atoms with van der Waals surface area (Å²) in [6.07, 6.45) is 2.95. The summed E-state index contributed by atoms with van der Waals surface area (Å²) >= 11 is 2.38. The van der Waals surface area contributed by atoms with Crippen LogP contribution in [-0.2, 0) is 11.3 Å². The van der Waals surface area contributed by atoms with Gasteiger partial charge >= 0.3 is 0 Å². The summed E-state index contributed by atoms with van der Waals surface area (Å²) in [5.41, 5.74) is 1.28. The highest BCUT2D eigenvalue weighted by Gasteiger charge is 2.29. The first-order valence-electron chi connectivity index (χ1n) is 4.81. The molecule has 1 aromatic rings. The fourth-order valence-corrected chi connectivity index (χ4v) is 3.33. The molecule has 1 aliphatic carbocycles. The predicted octanol–water partition coefficient (Wildman–Crippen LogP) is 3.82. The Labute approximate surface area is 101 Å². The van der Waals surface area contributed by atoms with Gasteiger partial charge in [0.05, 0.1) is 12.7 Å². The molecule has 3 heteroatoms. The Bertz CT molecular complexity index is 272. The maximum atomic E-state index is 5.78. The van der Waals surface area contributed by atoms with Crippen LogP contribution < -0.4 is 0 Å². The van der Waals surface area contributed by atoms with Crippen LogP contribution in [-0.4, -0.2) is 11.4 Å². The highest BCUT2D eigenvalue weighted by molar-refractivity contribution is 14.2. The zero-order valence-electron chi connectivity index (χ0n) is 7.86. The van der Waals surface area contributed by atoms with Gasteiger partial charge in [0.2, 0.25) is 0 Å². The third kappa shape index (κ3) is 2.87. The highest BCUT2D eigenvalue weighted by atomic mass is 127. The van der Waals surface area contributed by atoms with Crippen LogP contribution in [0.25, 0.3) is 0 Å². The third-order valence-corrected chi connectivity index (χ3v) is 5.30. The van der Waals surface area contributed by atoms with Crippen molar-refractivity contribution in [3.63, 3.8) is 0 Å². The summed E-state index contributed by atoms with van der Waals surface area (Å²) in [6.45, 7) is 0.768. The van der Waals surface area contributed by atoms with Crippen LogP contribution in [0.1, 0.15) is 18.4 Å². The minimum absolute atomic E-state index is 0.502. The molecule has 0 N–H and O–H groups in total.